The van der Waals surface area contributed by atoms with Gasteiger partial charge < -0.3 is 41.1 Å². The standard InChI is InChI=1S/C37H54N6O7/c1-8-9-26(29(45)32(47)38-22-12-13-22)39-31(46)28-18-24(19-43(28)34(48)30(36(2,3)4)41-35(49)42-37(5,6)7)50-33-25-15-14-23(44)16-21(25)17-27(40-33)20-10-11-20/h14-17,20,22,24,26,28-30,44-45H,8-13,18-19H2,1-7H3,(H,38,47)(H,39,46)(H2,41,42,49)/t24-,26+,28?,29?,30?/m1/s1. The Hall–Kier alpha value is -4.13. The number of phenols is 1. The first-order valence-corrected chi connectivity index (χ1v) is 17.9. The lowest BCUT2D eigenvalue weighted by atomic mass is 9.85. The van der Waals surface area contributed by atoms with Crippen molar-refractivity contribution >= 4 is 34.5 Å². The van der Waals surface area contributed by atoms with E-state index >= 15 is 0 Å². The molecular weight excluding hydrogens is 640 g/mol. The smallest absolute Gasteiger partial charge is 0.315 e. The second kappa shape index (κ2) is 14.6. The van der Waals surface area contributed by atoms with Crippen LogP contribution in [-0.4, -0.2) is 92.3 Å². The Morgan fingerprint density at radius 1 is 1.02 bits per heavy atom. The SMILES string of the molecule is CCC[C@H](NC(=O)C1C[C@@H](Oc2nc(C3CC3)cc3cc(O)ccc23)CN1C(=O)C(NC(=O)NC(C)(C)C)C(C)(C)C)C(O)C(=O)NC1CC1. The molecule has 5 rings (SSSR count). The van der Waals surface area contributed by atoms with Crippen LogP contribution in [0.25, 0.3) is 10.8 Å². The number of benzene rings is 1. The maximum Gasteiger partial charge on any atom is 0.315 e. The first-order chi connectivity index (χ1) is 23.4. The van der Waals surface area contributed by atoms with Crippen LogP contribution in [-0.2, 0) is 14.4 Å². The molecule has 6 N–H and O–H groups in total. The summed E-state index contributed by atoms with van der Waals surface area (Å²) in [5.41, 5.74) is -0.416. The lowest BCUT2D eigenvalue weighted by Crippen LogP contribution is -2.61. The van der Waals surface area contributed by atoms with Gasteiger partial charge in [-0.05, 0) is 87.9 Å². The predicted molar refractivity (Wildman–Crippen MR) is 189 cm³/mol. The van der Waals surface area contributed by atoms with Crippen LogP contribution in [0.3, 0.4) is 0 Å². The highest BCUT2D eigenvalue weighted by molar-refractivity contribution is 5.94. The van der Waals surface area contributed by atoms with E-state index < -0.39 is 65.0 Å². The number of carbonyl (C=O) groups is 4. The number of urea groups is 1. The fourth-order valence-corrected chi connectivity index (χ4v) is 6.36. The zero-order valence-electron chi connectivity index (χ0n) is 30.3. The largest absolute Gasteiger partial charge is 0.508 e. The van der Waals surface area contributed by atoms with Crippen LogP contribution in [0.1, 0.15) is 105 Å². The van der Waals surface area contributed by atoms with Gasteiger partial charge in [-0.3, -0.25) is 14.4 Å². The highest BCUT2D eigenvalue weighted by atomic mass is 16.5. The number of likely N-dealkylation sites (tertiary alicyclic amines) is 1. The van der Waals surface area contributed by atoms with Crippen LogP contribution in [0, 0.1) is 5.41 Å². The molecule has 274 valence electrons. The number of rotatable bonds is 12. The van der Waals surface area contributed by atoms with Crippen molar-refractivity contribution in [1.29, 1.82) is 0 Å². The van der Waals surface area contributed by atoms with E-state index in [-0.39, 0.29) is 24.8 Å². The number of amides is 5. The normalized spacial score (nSPS) is 21.2. The Morgan fingerprint density at radius 2 is 1.72 bits per heavy atom. The summed E-state index contributed by atoms with van der Waals surface area (Å²) >= 11 is 0. The van der Waals surface area contributed by atoms with Crippen LogP contribution in [0.2, 0.25) is 0 Å². The van der Waals surface area contributed by atoms with Crippen LogP contribution >= 0.6 is 0 Å². The molecule has 13 heteroatoms. The summed E-state index contributed by atoms with van der Waals surface area (Å²) in [5.74, 6) is -0.733. The van der Waals surface area contributed by atoms with Crippen LogP contribution < -0.4 is 26.0 Å². The quantitative estimate of drug-likeness (QED) is 0.195. The summed E-state index contributed by atoms with van der Waals surface area (Å²) in [7, 11) is 0. The van der Waals surface area contributed by atoms with Gasteiger partial charge in [0.1, 0.15) is 23.9 Å². The Bertz CT molecular complexity index is 1590. The lowest BCUT2D eigenvalue weighted by Gasteiger charge is -2.36. The van der Waals surface area contributed by atoms with E-state index in [0.717, 1.165) is 36.8 Å². The van der Waals surface area contributed by atoms with Crippen molar-refractivity contribution in [2.75, 3.05) is 6.54 Å². The molecule has 2 aromatic rings. The molecular formula is C37H54N6O7. The highest BCUT2D eigenvalue weighted by Gasteiger charge is 2.47. The van der Waals surface area contributed by atoms with Crippen molar-refractivity contribution in [1.82, 2.24) is 31.2 Å². The van der Waals surface area contributed by atoms with Crippen molar-refractivity contribution in [3.63, 3.8) is 0 Å². The molecule has 1 aromatic heterocycles. The second-order valence-corrected chi connectivity index (χ2v) is 16.3. The Kier molecular flexibility index (Phi) is 10.9. The van der Waals surface area contributed by atoms with E-state index in [0.29, 0.717) is 30.0 Å². The van der Waals surface area contributed by atoms with E-state index in [9.17, 15) is 29.4 Å². The number of aromatic nitrogens is 1. The molecule has 0 bridgehead atoms. The topological polar surface area (TPSA) is 182 Å². The van der Waals surface area contributed by atoms with E-state index in [1.54, 1.807) is 18.2 Å². The number of pyridine rings is 1. The van der Waals surface area contributed by atoms with Crippen molar-refractivity contribution in [2.24, 2.45) is 5.41 Å². The third kappa shape index (κ3) is 9.35. The molecule has 3 fully saturated rings. The summed E-state index contributed by atoms with van der Waals surface area (Å²) < 4.78 is 6.53. The average Bonchev–Trinajstić information content (AvgIpc) is 3.96. The zero-order chi connectivity index (χ0) is 36.5. The van der Waals surface area contributed by atoms with Gasteiger partial charge in [-0.2, -0.15) is 0 Å². The van der Waals surface area contributed by atoms with E-state index in [4.69, 9.17) is 9.72 Å². The Labute approximate surface area is 294 Å². The highest BCUT2D eigenvalue weighted by Crippen LogP contribution is 2.42. The number of nitrogens with one attached hydrogen (secondary N) is 4. The van der Waals surface area contributed by atoms with Gasteiger partial charge in [0.15, 0.2) is 6.10 Å². The minimum Gasteiger partial charge on any atom is -0.508 e. The molecule has 50 heavy (non-hydrogen) atoms. The number of ether oxygens (including phenoxy) is 1. The molecule has 3 aliphatic rings. The number of aliphatic hydroxyl groups excluding tert-OH is 1. The number of hydrogen-bond acceptors (Lipinski definition) is 8. The molecule has 3 unspecified atom stereocenters. The van der Waals surface area contributed by atoms with Gasteiger partial charge in [0.2, 0.25) is 17.7 Å². The summed E-state index contributed by atoms with van der Waals surface area (Å²) in [6.07, 6.45) is 2.69. The van der Waals surface area contributed by atoms with Crippen molar-refractivity contribution in [2.45, 2.75) is 141 Å². The molecule has 13 nitrogen and oxygen atoms in total. The maximum atomic E-state index is 14.5. The third-order valence-electron chi connectivity index (χ3n) is 9.30. The number of hydrogen-bond donors (Lipinski definition) is 6. The number of phenolic OH excluding ortho intramolecular Hbond substituents is 1. The first-order valence-electron chi connectivity index (χ1n) is 17.9. The Balaban J connectivity index is 1.44. The molecule has 1 aliphatic heterocycles. The lowest BCUT2D eigenvalue weighted by molar-refractivity contribution is -0.143. The van der Waals surface area contributed by atoms with Crippen molar-refractivity contribution in [3.8, 4) is 11.6 Å². The van der Waals surface area contributed by atoms with E-state index in [1.165, 1.54) is 4.90 Å². The first kappa shape index (κ1) is 37.1. The van der Waals surface area contributed by atoms with Crippen LogP contribution in [0.4, 0.5) is 4.79 Å². The molecule has 0 radical (unpaired) electrons. The third-order valence-corrected chi connectivity index (χ3v) is 9.30. The molecule has 0 spiro atoms. The van der Waals surface area contributed by atoms with Crippen molar-refractivity contribution < 1.29 is 34.1 Å². The predicted octanol–water partition coefficient (Wildman–Crippen LogP) is 3.60. The number of aromatic hydroxyl groups is 1. The number of aliphatic hydroxyl groups is 1. The van der Waals surface area contributed by atoms with Gasteiger partial charge in [-0.1, -0.05) is 34.1 Å². The molecule has 2 saturated carbocycles. The number of carbonyl (C=O) groups excluding carboxylic acids is 4. The number of fused-ring (bicyclic) bond motifs is 1. The fraction of sp³-hybridized carbons (Fsp3) is 0.649. The van der Waals surface area contributed by atoms with Crippen LogP contribution in [0.15, 0.2) is 24.3 Å². The van der Waals surface area contributed by atoms with Gasteiger partial charge in [-0.25, -0.2) is 9.78 Å². The zero-order valence-corrected chi connectivity index (χ0v) is 30.3. The van der Waals surface area contributed by atoms with Gasteiger partial charge in [-0.15, -0.1) is 0 Å². The van der Waals surface area contributed by atoms with Crippen LogP contribution in [0.5, 0.6) is 11.6 Å². The van der Waals surface area contributed by atoms with Gasteiger partial charge in [0.25, 0.3) is 5.91 Å². The Morgan fingerprint density at radius 3 is 2.32 bits per heavy atom. The molecule has 5 amide bonds. The summed E-state index contributed by atoms with van der Waals surface area (Å²) in [4.78, 5) is 60.7. The maximum absolute atomic E-state index is 14.5. The summed E-state index contributed by atoms with van der Waals surface area (Å²) in [5, 5.41) is 34.0. The summed E-state index contributed by atoms with van der Waals surface area (Å²) in [6.45, 7) is 13.0. The average molecular weight is 695 g/mol. The van der Waals surface area contributed by atoms with Gasteiger partial charge in [0.05, 0.1) is 12.6 Å². The molecule has 1 saturated heterocycles. The minimum atomic E-state index is -1.46. The van der Waals surface area contributed by atoms with E-state index in [2.05, 4.69) is 21.3 Å². The number of nitrogens with zero attached hydrogens (tertiary/aromatic N) is 2. The van der Waals surface area contributed by atoms with E-state index in [1.807, 2.05) is 54.5 Å². The fourth-order valence-electron chi connectivity index (χ4n) is 6.36. The monoisotopic (exact) mass is 694 g/mol. The second-order valence-electron chi connectivity index (χ2n) is 16.3. The molecule has 1 aromatic carbocycles. The molecule has 2 aliphatic carbocycles. The molecule has 5 atom stereocenters. The van der Waals surface area contributed by atoms with Gasteiger partial charge in [0, 0.05) is 35.0 Å². The van der Waals surface area contributed by atoms with Crippen molar-refractivity contribution in [3.05, 3.63) is 30.0 Å². The summed E-state index contributed by atoms with van der Waals surface area (Å²) in [6, 6.07) is 3.56. The van der Waals surface area contributed by atoms with Gasteiger partial charge >= 0.3 is 6.03 Å². The minimum absolute atomic E-state index is 0.0319. The molecule has 2 heterocycles.